The van der Waals surface area contributed by atoms with Crippen molar-refractivity contribution in [3.63, 3.8) is 0 Å². The zero-order valence-electron chi connectivity index (χ0n) is 9.49. The number of aliphatic hydroxyl groups excluding tert-OH is 1. The van der Waals surface area contributed by atoms with Crippen LogP contribution in [-0.4, -0.2) is 26.2 Å². The summed E-state index contributed by atoms with van der Waals surface area (Å²) in [6.07, 6.45) is -0.275. The fourth-order valence-corrected chi connectivity index (χ4v) is 2.88. The first kappa shape index (κ1) is 13.1. The molecule has 0 aliphatic rings. The summed E-state index contributed by atoms with van der Waals surface area (Å²) in [5.74, 6) is 0.865. The lowest BCUT2D eigenvalue weighted by atomic mass is 10.3. The van der Waals surface area contributed by atoms with Gasteiger partial charge in [0.15, 0.2) is 0 Å². The number of rotatable bonds is 4. The number of aliphatic hydroxyl groups is 1. The van der Waals surface area contributed by atoms with Crippen LogP contribution in [0.1, 0.15) is 25.2 Å². The predicted molar refractivity (Wildman–Crippen MR) is 68.1 cm³/mol. The lowest BCUT2D eigenvalue weighted by molar-refractivity contribution is 0.196. The van der Waals surface area contributed by atoms with Crippen molar-refractivity contribution in [2.24, 2.45) is 7.05 Å². The molecule has 0 amide bonds. The third-order valence-corrected chi connectivity index (χ3v) is 4.82. The Morgan fingerprint density at radius 2 is 2.13 bits per heavy atom. The normalized spacial score (nSPS) is 15.3. The first-order valence-electron chi connectivity index (χ1n) is 4.91. The van der Waals surface area contributed by atoms with Crippen LogP contribution in [0.5, 0.6) is 0 Å². The van der Waals surface area contributed by atoms with Gasteiger partial charge in [-0.3, -0.25) is 4.68 Å². The van der Waals surface area contributed by atoms with Crippen LogP contribution in [0.15, 0.2) is 4.47 Å². The molecule has 15 heavy (non-hydrogen) atoms. The van der Waals surface area contributed by atoms with Crippen molar-refractivity contribution in [2.75, 3.05) is 0 Å². The highest BCUT2D eigenvalue weighted by Gasteiger charge is 2.14. The molecular formula is C10H17BrN2OS. The van der Waals surface area contributed by atoms with Gasteiger partial charge >= 0.3 is 0 Å². The van der Waals surface area contributed by atoms with Gasteiger partial charge in [-0.1, -0.05) is 6.92 Å². The molecule has 1 N–H and O–H groups in total. The molecule has 5 heteroatoms. The number of hydrogen-bond acceptors (Lipinski definition) is 3. The van der Waals surface area contributed by atoms with Crippen LogP contribution < -0.4 is 0 Å². The summed E-state index contributed by atoms with van der Waals surface area (Å²) in [5, 5.41) is 14.0. The van der Waals surface area contributed by atoms with Gasteiger partial charge in [-0.15, -0.1) is 11.8 Å². The van der Waals surface area contributed by atoms with Crippen molar-refractivity contribution in [2.45, 2.75) is 37.9 Å². The number of aryl methyl sites for hydroxylation is 2. The molecule has 1 rings (SSSR count). The minimum absolute atomic E-state index is 0.243. The highest BCUT2D eigenvalue weighted by molar-refractivity contribution is 9.10. The van der Waals surface area contributed by atoms with E-state index < -0.39 is 0 Å². The Hall–Kier alpha value is -0.0000000000000000555. The fraction of sp³-hybridized carbons (Fsp3) is 0.700. The van der Waals surface area contributed by atoms with Crippen molar-refractivity contribution in [1.29, 1.82) is 0 Å². The maximum atomic E-state index is 9.39. The Bertz CT molecular complexity index is 338. The average molecular weight is 293 g/mol. The maximum absolute atomic E-state index is 9.39. The molecule has 0 spiro atoms. The second-order valence-corrected chi connectivity index (χ2v) is 5.88. The molecule has 86 valence electrons. The van der Waals surface area contributed by atoms with Crippen molar-refractivity contribution in [1.82, 2.24) is 9.78 Å². The van der Waals surface area contributed by atoms with Crippen LogP contribution in [0, 0.1) is 6.92 Å². The molecule has 1 aromatic heterocycles. The summed E-state index contributed by atoms with van der Waals surface area (Å²) in [7, 11) is 1.95. The largest absolute Gasteiger partial charge is 0.392 e. The third kappa shape index (κ3) is 3.23. The maximum Gasteiger partial charge on any atom is 0.0738 e. The Kier molecular flexibility index (Phi) is 4.67. The minimum Gasteiger partial charge on any atom is -0.392 e. The van der Waals surface area contributed by atoms with Gasteiger partial charge in [-0.05, 0) is 29.8 Å². The molecule has 1 heterocycles. The van der Waals surface area contributed by atoms with Crippen LogP contribution in [0.25, 0.3) is 0 Å². The average Bonchev–Trinajstić information content (AvgIpc) is 2.38. The van der Waals surface area contributed by atoms with E-state index >= 15 is 0 Å². The molecule has 0 aromatic carbocycles. The van der Waals surface area contributed by atoms with E-state index in [1.54, 1.807) is 11.8 Å². The van der Waals surface area contributed by atoms with Crippen LogP contribution in [-0.2, 0) is 12.8 Å². The SMILES string of the molecule is Cc1nn(C)c(CSC(C)C(C)O)c1Br. The van der Waals surface area contributed by atoms with Crippen LogP contribution in [0.4, 0.5) is 0 Å². The van der Waals surface area contributed by atoms with Gasteiger partial charge in [0.2, 0.25) is 0 Å². The number of aromatic nitrogens is 2. The van der Waals surface area contributed by atoms with Gasteiger partial charge in [-0.2, -0.15) is 5.10 Å². The van der Waals surface area contributed by atoms with E-state index in [9.17, 15) is 5.11 Å². The highest BCUT2D eigenvalue weighted by Crippen LogP contribution is 2.27. The lowest BCUT2D eigenvalue weighted by Gasteiger charge is -2.14. The molecular weight excluding hydrogens is 276 g/mol. The Morgan fingerprint density at radius 3 is 2.53 bits per heavy atom. The lowest BCUT2D eigenvalue weighted by Crippen LogP contribution is -2.15. The number of thioether (sulfide) groups is 1. The van der Waals surface area contributed by atoms with E-state index in [0.717, 1.165) is 15.9 Å². The number of halogens is 1. The van der Waals surface area contributed by atoms with Gasteiger partial charge in [0.05, 0.1) is 22.0 Å². The summed E-state index contributed by atoms with van der Waals surface area (Å²) in [4.78, 5) is 0. The van der Waals surface area contributed by atoms with Gasteiger partial charge in [0, 0.05) is 18.1 Å². The van der Waals surface area contributed by atoms with Crippen LogP contribution >= 0.6 is 27.7 Å². The first-order chi connectivity index (χ1) is 6.93. The fourth-order valence-electron chi connectivity index (χ4n) is 1.19. The quantitative estimate of drug-likeness (QED) is 0.927. The molecule has 0 radical (unpaired) electrons. The van der Waals surface area contributed by atoms with Crippen molar-refractivity contribution in [3.05, 3.63) is 15.9 Å². The first-order valence-corrected chi connectivity index (χ1v) is 6.75. The number of nitrogens with zero attached hydrogens (tertiary/aromatic N) is 2. The monoisotopic (exact) mass is 292 g/mol. The molecule has 2 unspecified atom stereocenters. The third-order valence-electron chi connectivity index (χ3n) is 2.42. The van der Waals surface area contributed by atoms with E-state index in [4.69, 9.17) is 0 Å². The van der Waals surface area contributed by atoms with Gasteiger partial charge in [0.1, 0.15) is 0 Å². The summed E-state index contributed by atoms with van der Waals surface area (Å²) >= 11 is 5.27. The van der Waals surface area contributed by atoms with Crippen molar-refractivity contribution in [3.8, 4) is 0 Å². The molecule has 0 aliphatic heterocycles. The second kappa shape index (κ2) is 5.37. The highest BCUT2D eigenvalue weighted by atomic mass is 79.9. The molecule has 0 bridgehead atoms. The molecule has 1 aromatic rings. The van der Waals surface area contributed by atoms with Crippen molar-refractivity contribution >= 4 is 27.7 Å². The van der Waals surface area contributed by atoms with Gasteiger partial charge in [-0.25, -0.2) is 0 Å². The number of hydrogen-bond donors (Lipinski definition) is 1. The zero-order chi connectivity index (χ0) is 11.6. The molecule has 0 aliphatic carbocycles. The van der Waals surface area contributed by atoms with Gasteiger partial charge < -0.3 is 5.11 Å². The molecule has 0 saturated carbocycles. The zero-order valence-corrected chi connectivity index (χ0v) is 11.9. The Labute approximate surface area is 103 Å². The van der Waals surface area contributed by atoms with Gasteiger partial charge in [0.25, 0.3) is 0 Å². The molecule has 0 fully saturated rings. The summed E-state index contributed by atoms with van der Waals surface area (Å²) in [6.45, 7) is 5.84. The minimum atomic E-state index is -0.275. The van der Waals surface area contributed by atoms with E-state index in [-0.39, 0.29) is 11.4 Å². The molecule has 0 saturated heterocycles. The summed E-state index contributed by atoms with van der Waals surface area (Å²) < 4.78 is 2.97. The second-order valence-electron chi connectivity index (χ2n) is 3.73. The smallest absolute Gasteiger partial charge is 0.0738 e. The Balaban J connectivity index is 2.65. The Morgan fingerprint density at radius 1 is 1.53 bits per heavy atom. The topological polar surface area (TPSA) is 38.0 Å². The summed E-state index contributed by atoms with van der Waals surface area (Å²) in [5.41, 5.74) is 2.18. The van der Waals surface area contributed by atoms with Crippen molar-refractivity contribution < 1.29 is 5.11 Å². The van der Waals surface area contributed by atoms with Crippen LogP contribution in [0.2, 0.25) is 0 Å². The van der Waals surface area contributed by atoms with E-state index in [1.807, 2.05) is 32.5 Å². The predicted octanol–water partition coefficient (Wildman–Crippen LogP) is 2.49. The van der Waals surface area contributed by atoms with E-state index in [2.05, 4.69) is 21.0 Å². The van der Waals surface area contributed by atoms with E-state index in [1.165, 1.54) is 5.69 Å². The van der Waals surface area contributed by atoms with Crippen LogP contribution in [0.3, 0.4) is 0 Å². The molecule has 3 nitrogen and oxygen atoms in total. The van der Waals surface area contributed by atoms with E-state index in [0.29, 0.717) is 0 Å². The molecule has 2 atom stereocenters. The standard InChI is InChI=1S/C10H17BrN2OS/c1-6-10(11)9(13(4)12-6)5-15-8(3)7(2)14/h7-8,14H,5H2,1-4H3. The summed E-state index contributed by atoms with van der Waals surface area (Å²) in [6, 6.07) is 0.